The first kappa shape index (κ1) is 26.3. The zero-order chi connectivity index (χ0) is 24.8. The van der Waals surface area contributed by atoms with E-state index in [1.54, 1.807) is 14.1 Å². The van der Waals surface area contributed by atoms with Crippen molar-refractivity contribution in [3.05, 3.63) is 65.2 Å². The SMILES string of the molecule is CN(C)CCN(Cc1cccc(C(F)(F)F)c1)C(=O)CN(C)S(=O)(=O)c1ccc(C#N)cc1. The van der Waals surface area contributed by atoms with Crippen LogP contribution in [0, 0.1) is 11.3 Å². The molecule has 2 aromatic rings. The topological polar surface area (TPSA) is 84.7 Å². The number of carbonyl (C=O) groups is 1. The number of rotatable bonds is 9. The molecule has 0 saturated heterocycles. The molecule has 0 unspecified atom stereocenters. The summed E-state index contributed by atoms with van der Waals surface area (Å²) in [6.45, 7) is 0.0553. The van der Waals surface area contributed by atoms with Crippen molar-refractivity contribution in [3.63, 3.8) is 0 Å². The molecule has 0 aliphatic heterocycles. The van der Waals surface area contributed by atoms with E-state index in [0.717, 1.165) is 16.4 Å². The fourth-order valence-corrected chi connectivity index (χ4v) is 4.06. The van der Waals surface area contributed by atoms with Gasteiger partial charge in [0.25, 0.3) is 0 Å². The average molecular weight is 483 g/mol. The van der Waals surface area contributed by atoms with Gasteiger partial charge in [-0.1, -0.05) is 12.1 Å². The standard InChI is InChI=1S/C22H25F3N4O3S/c1-27(2)11-12-29(15-18-5-4-6-19(13-18)22(23,24)25)21(30)16-28(3)33(31,32)20-9-7-17(14-26)8-10-20/h4-10,13H,11-12,15-16H2,1-3H3. The normalized spacial score (nSPS) is 12.1. The Morgan fingerprint density at radius 1 is 1.03 bits per heavy atom. The van der Waals surface area contributed by atoms with E-state index in [9.17, 15) is 26.4 Å². The summed E-state index contributed by atoms with van der Waals surface area (Å²) in [6.07, 6.45) is -4.51. The maximum absolute atomic E-state index is 13.1. The summed E-state index contributed by atoms with van der Waals surface area (Å²) in [6, 6.07) is 11.9. The number of nitriles is 1. The van der Waals surface area contributed by atoms with Gasteiger partial charge in [0, 0.05) is 26.7 Å². The van der Waals surface area contributed by atoms with Crippen molar-refractivity contribution in [1.29, 1.82) is 5.26 Å². The van der Waals surface area contributed by atoms with E-state index in [1.165, 1.54) is 48.3 Å². The Balaban J connectivity index is 2.21. The van der Waals surface area contributed by atoms with Crippen molar-refractivity contribution in [3.8, 4) is 6.07 Å². The molecule has 0 saturated carbocycles. The minimum atomic E-state index is -4.51. The molecule has 0 radical (unpaired) electrons. The van der Waals surface area contributed by atoms with Gasteiger partial charge in [0.15, 0.2) is 0 Å². The van der Waals surface area contributed by atoms with Crippen molar-refractivity contribution in [2.75, 3.05) is 40.8 Å². The molecule has 0 aliphatic carbocycles. The van der Waals surface area contributed by atoms with Gasteiger partial charge in [-0.3, -0.25) is 4.79 Å². The van der Waals surface area contributed by atoms with E-state index in [1.807, 2.05) is 11.0 Å². The number of benzene rings is 2. The molecule has 11 heteroatoms. The van der Waals surface area contributed by atoms with Gasteiger partial charge in [-0.2, -0.15) is 22.7 Å². The maximum atomic E-state index is 13.1. The van der Waals surface area contributed by atoms with Crippen molar-refractivity contribution in [1.82, 2.24) is 14.1 Å². The zero-order valence-corrected chi connectivity index (χ0v) is 19.3. The van der Waals surface area contributed by atoms with Crippen LogP contribution >= 0.6 is 0 Å². The number of likely N-dealkylation sites (N-methyl/N-ethyl adjacent to an activating group) is 2. The van der Waals surface area contributed by atoms with Gasteiger partial charge in [0.05, 0.1) is 28.6 Å². The lowest BCUT2D eigenvalue weighted by atomic mass is 10.1. The monoisotopic (exact) mass is 482 g/mol. The number of sulfonamides is 1. The quantitative estimate of drug-likeness (QED) is 0.549. The Morgan fingerprint density at radius 2 is 1.67 bits per heavy atom. The lowest BCUT2D eigenvalue weighted by Crippen LogP contribution is -2.43. The Kier molecular flexibility index (Phi) is 8.60. The highest BCUT2D eigenvalue weighted by Gasteiger charge is 2.31. The molecule has 178 valence electrons. The fourth-order valence-electron chi connectivity index (χ4n) is 2.94. The van der Waals surface area contributed by atoms with E-state index in [2.05, 4.69) is 0 Å². The summed E-state index contributed by atoms with van der Waals surface area (Å²) >= 11 is 0. The number of hydrogen-bond donors (Lipinski definition) is 0. The third kappa shape index (κ3) is 7.28. The molecule has 1 amide bonds. The van der Waals surface area contributed by atoms with Crippen LogP contribution < -0.4 is 0 Å². The smallest absolute Gasteiger partial charge is 0.336 e. The van der Waals surface area contributed by atoms with Crippen LogP contribution in [0.1, 0.15) is 16.7 Å². The molecule has 0 N–H and O–H groups in total. The van der Waals surface area contributed by atoms with Crippen LogP contribution in [-0.2, 0) is 27.5 Å². The summed E-state index contributed by atoms with van der Waals surface area (Å²) in [7, 11) is 0.817. The van der Waals surface area contributed by atoms with Crippen LogP contribution in [0.2, 0.25) is 0 Å². The molecular weight excluding hydrogens is 457 g/mol. The molecular formula is C22H25F3N4O3S. The van der Waals surface area contributed by atoms with E-state index < -0.39 is 34.2 Å². The number of halogens is 3. The average Bonchev–Trinajstić information content (AvgIpc) is 2.76. The molecule has 0 atom stereocenters. The van der Waals surface area contributed by atoms with Crippen molar-refractivity contribution in [2.45, 2.75) is 17.6 Å². The summed E-state index contributed by atoms with van der Waals surface area (Å²) < 4.78 is 65.7. The van der Waals surface area contributed by atoms with E-state index in [4.69, 9.17) is 5.26 Å². The first-order valence-corrected chi connectivity index (χ1v) is 11.3. The Bertz CT molecular complexity index is 1110. The Hall–Kier alpha value is -2.94. The van der Waals surface area contributed by atoms with E-state index in [-0.39, 0.29) is 23.5 Å². The van der Waals surface area contributed by atoms with Gasteiger partial charge in [-0.05, 0) is 56.1 Å². The highest BCUT2D eigenvalue weighted by molar-refractivity contribution is 7.89. The molecule has 2 rings (SSSR count). The third-order valence-corrected chi connectivity index (χ3v) is 6.66. The number of alkyl halides is 3. The molecule has 7 nitrogen and oxygen atoms in total. The van der Waals surface area contributed by atoms with Crippen LogP contribution in [0.5, 0.6) is 0 Å². The predicted octanol–water partition coefficient (Wildman–Crippen LogP) is 2.79. The minimum absolute atomic E-state index is 0.0745. The number of hydrogen-bond acceptors (Lipinski definition) is 5. The van der Waals surface area contributed by atoms with Crippen molar-refractivity contribution < 1.29 is 26.4 Å². The first-order valence-electron chi connectivity index (χ1n) is 9.89. The van der Waals surface area contributed by atoms with Crippen LogP contribution in [-0.4, -0.2) is 69.2 Å². The number of nitrogens with zero attached hydrogens (tertiary/aromatic N) is 4. The van der Waals surface area contributed by atoms with Gasteiger partial charge < -0.3 is 9.80 Å². The molecule has 0 bridgehead atoms. The molecule has 33 heavy (non-hydrogen) atoms. The summed E-state index contributed by atoms with van der Waals surface area (Å²) in [5.41, 5.74) is -0.237. The lowest BCUT2D eigenvalue weighted by molar-refractivity contribution is -0.137. The highest BCUT2D eigenvalue weighted by Crippen LogP contribution is 2.29. The summed E-state index contributed by atoms with van der Waals surface area (Å²) in [5.74, 6) is -0.547. The Labute approximate surface area is 191 Å². The molecule has 0 heterocycles. The van der Waals surface area contributed by atoms with Gasteiger partial charge in [0.2, 0.25) is 15.9 Å². The number of amides is 1. The van der Waals surface area contributed by atoms with Crippen molar-refractivity contribution in [2.24, 2.45) is 0 Å². The van der Waals surface area contributed by atoms with Gasteiger partial charge in [-0.25, -0.2) is 8.42 Å². The molecule has 2 aromatic carbocycles. The summed E-state index contributed by atoms with van der Waals surface area (Å²) in [4.78, 5) is 16.0. The molecule has 0 fully saturated rings. The van der Waals surface area contributed by atoms with Gasteiger partial charge >= 0.3 is 6.18 Å². The largest absolute Gasteiger partial charge is 0.416 e. The molecule has 0 aromatic heterocycles. The predicted molar refractivity (Wildman–Crippen MR) is 116 cm³/mol. The van der Waals surface area contributed by atoms with Crippen LogP contribution in [0.4, 0.5) is 13.2 Å². The van der Waals surface area contributed by atoms with Gasteiger partial charge in [0.1, 0.15) is 0 Å². The first-order chi connectivity index (χ1) is 15.3. The molecule has 0 aliphatic rings. The summed E-state index contributed by atoms with van der Waals surface area (Å²) in [5, 5.41) is 8.87. The minimum Gasteiger partial charge on any atom is -0.336 e. The third-order valence-electron chi connectivity index (χ3n) is 4.85. The second-order valence-electron chi connectivity index (χ2n) is 7.71. The van der Waals surface area contributed by atoms with Gasteiger partial charge in [-0.15, -0.1) is 0 Å². The maximum Gasteiger partial charge on any atom is 0.416 e. The molecule has 0 spiro atoms. The lowest BCUT2D eigenvalue weighted by Gasteiger charge is -2.27. The van der Waals surface area contributed by atoms with Crippen LogP contribution in [0.15, 0.2) is 53.4 Å². The number of carbonyl (C=O) groups excluding carboxylic acids is 1. The van der Waals surface area contributed by atoms with Crippen molar-refractivity contribution >= 4 is 15.9 Å². The van der Waals surface area contributed by atoms with E-state index >= 15 is 0 Å². The van der Waals surface area contributed by atoms with Crippen LogP contribution in [0.25, 0.3) is 0 Å². The highest BCUT2D eigenvalue weighted by atomic mass is 32.2. The zero-order valence-electron chi connectivity index (χ0n) is 18.5. The van der Waals surface area contributed by atoms with E-state index in [0.29, 0.717) is 12.1 Å². The second kappa shape index (κ2) is 10.8. The second-order valence-corrected chi connectivity index (χ2v) is 9.76. The fraction of sp³-hybridized carbons (Fsp3) is 0.364. The Morgan fingerprint density at radius 3 is 2.21 bits per heavy atom. The van der Waals surface area contributed by atoms with Crippen LogP contribution in [0.3, 0.4) is 0 Å².